The SMILES string of the molecule is CCOC(=O)c1ccc(N2CCCN(c3c(C#N)cnc4ccccc34)CC2)nc1. The van der Waals surface area contributed by atoms with E-state index in [0.717, 1.165) is 55.0 Å². The van der Waals surface area contributed by atoms with Crippen LogP contribution in [0.4, 0.5) is 11.5 Å². The fourth-order valence-electron chi connectivity index (χ4n) is 3.83. The van der Waals surface area contributed by atoms with E-state index in [1.54, 1.807) is 25.4 Å². The van der Waals surface area contributed by atoms with Gasteiger partial charge >= 0.3 is 5.97 Å². The highest BCUT2D eigenvalue weighted by Crippen LogP contribution is 2.30. The minimum Gasteiger partial charge on any atom is -0.462 e. The Morgan fingerprint density at radius 1 is 1.07 bits per heavy atom. The first kappa shape index (κ1) is 19.6. The summed E-state index contributed by atoms with van der Waals surface area (Å²) in [5.41, 5.74) is 2.90. The van der Waals surface area contributed by atoms with Gasteiger partial charge in [0.2, 0.25) is 0 Å². The largest absolute Gasteiger partial charge is 0.462 e. The highest BCUT2D eigenvalue weighted by Gasteiger charge is 2.21. The molecule has 0 N–H and O–H groups in total. The number of hydrogen-bond donors (Lipinski definition) is 0. The zero-order valence-electron chi connectivity index (χ0n) is 16.9. The van der Waals surface area contributed by atoms with Crippen molar-refractivity contribution in [1.29, 1.82) is 5.26 Å². The van der Waals surface area contributed by atoms with Crippen LogP contribution in [0.15, 0.2) is 48.8 Å². The van der Waals surface area contributed by atoms with Crippen molar-refractivity contribution >= 4 is 28.4 Å². The summed E-state index contributed by atoms with van der Waals surface area (Å²) in [7, 11) is 0. The summed E-state index contributed by atoms with van der Waals surface area (Å²) in [5, 5.41) is 10.6. The molecule has 4 rings (SSSR count). The van der Waals surface area contributed by atoms with E-state index in [4.69, 9.17) is 4.74 Å². The zero-order chi connectivity index (χ0) is 20.9. The van der Waals surface area contributed by atoms with Crippen molar-refractivity contribution in [3.8, 4) is 6.07 Å². The van der Waals surface area contributed by atoms with Crippen molar-refractivity contribution in [3.05, 3.63) is 59.9 Å². The van der Waals surface area contributed by atoms with Gasteiger partial charge in [-0.2, -0.15) is 5.26 Å². The molecule has 0 radical (unpaired) electrons. The highest BCUT2D eigenvalue weighted by molar-refractivity contribution is 5.94. The van der Waals surface area contributed by atoms with Crippen molar-refractivity contribution in [2.24, 2.45) is 0 Å². The van der Waals surface area contributed by atoms with Crippen LogP contribution in [0.25, 0.3) is 10.9 Å². The molecule has 0 bridgehead atoms. The molecule has 0 unspecified atom stereocenters. The molecule has 0 amide bonds. The van der Waals surface area contributed by atoms with E-state index in [2.05, 4.69) is 25.8 Å². The van der Waals surface area contributed by atoms with Crippen molar-refractivity contribution in [1.82, 2.24) is 9.97 Å². The van der Waals surface area contributed by atoms with E-state index in [1.807, 2.05) is 30.3 Å². The fourth-order valence-corrected chi connectivity index (χ4v) is 3.83. The molecule has 1 aromatic carbocycles. The maximum absolute atomic E-state index is 11.8. The smallest absolute Gasteiger partial charge is 0.339 e. The molecular weight excluding hydrogens is 378 g/mol. The number of carbonyl (C=O) groups excluding carboxylic acids is 1. The second-order valence-electron chi connectivity index (χ2n) is 7.10. The normalized spacial score (nSPS) is 14.3. The Labute approximate surface area is 175 Å². The molecule has 3 aromatic rings. The first-order chi connectivity index (χ1) is 14.7. The third-order valence-corrected chi connectivity index (χ3v) is 5.26. The standard InChI is InChI=1S/C23H23N5O2/c1-2-30-23(29)17-8-9-21(26-15-17)27-10-5-11-28(13-12-27)22-18(14-24)16-25-20-7-4-3-6-19(20)22/h3-4,6-9,15-16H,2,5,10-13H2,1H3. The number of anilines is 2. The maximum Gasteiger partial charge on any atom is 0.339 e. The number of carbonyl (C=O) groups is 1. The Hall–Kier alpha value is -3.66. The third-order valence-electron chi connectivity index (χ3n) is 5.26. The van der Waals surface area contributed by atoms with E-state index in [-0.39, 0.29) is 5.97 Å². The Bertz CT molecular complexity index is 1090. The van der Waals surface area contributed by atoms with E-state index in [9.17, 15) is 10.1 Å². The van der Waals surface area contributed by atoms with Crippen molar-refractivity contribution in [2.45, 2.75) is 13.3 Å². The predicted octanol–water partition coefficient (Wildman–Crippen LogP) is 3.39. The Balaban J connectivity index is 1.55. The first-order valence-electron chi connectivity index (χ1n) is 10.1. The lowest BCUT2D eigenvalue weighted by Gasteiger charge is -2.26. The lowest BCUT2D eigenvalue weighted by Crippen LogP contribution is -2.31. The summed E-state index contributed by atoms with van der Waals surface area (Å²) >= 11 is 0. The number of pyridine rings is 2. The van der Waals surface area contributed by atoms with Crippen molar-refractivity contribution < 1.29 is 9.53 Å². The number of para-hydroxylation sites is 1. The van der Waals surface area contributed by atoms with Gasteiger partial charge in [0.1, 0.15) is 11.9 Å². The summed E-state index contributed by atoms with van der Waals surface area (Å²) < 4.78 is 5.02. The Kier molecular flexibility index (Phi) is 5.75. The molecule has 0 spiro atoms. The number of rotatable bonds is 4. The van der Waals surface area contributed by atoms with Crippen LogP contribution in [0.3, 0.4) is 0 Å². The van der Waals surface area contributed by atoms with Gasteiger partial charge in [0.15, 0.2) is 0 Å². The molecule has 0 atom stereocenters. The van der Waals surface area contributed by atoms with Gasteiger partial charge < -0.3 is 14.5 Å². The molecule has 7 nitrogen and oxygen atoms in total. The predicted molar refractivity (Wildman–Crippen MR) is 116 cm³/mol. The van der Waals surface area contributed by atoms with Gasteiger partial charge in [-0.3, -0.25) is 4.98 Å². The van der Waals surface area contributed by atoms with Gasteiger partial charge in [-0.1, -0.05) is 18.2 Å². The van der Waals surface area contributed by atoms with Gasteiger partial charge in [-0.25, -0.2) is 9.78 Å². The molecule has 30 heavy (non-hydrogen) atoms. The number of fused-ring (bicyclic) bond motifs is 1. The number of benzene rings is 1. The number of nitriles is 1. The molecular formula is C23H23N5O2. The van der Waals surface area contributed by atoms with Gasteiger partial charge in [0, 0.05) is 44.0 Å². The lowest BCUT2D eigenvalue weighted by molar-refractivity contribution is 0.0526. The summed E-state index contributed by atoms with van der Waals surface area (Å²) in [6.07, 6.45) is 4.17. The lowest BCUT2D eigenvalue weighted by atomic mass is 10.1. The minimum atomic E-state index is -0.354. The van der Waals surface area contributed by atoms with E-state index >= 15 is 0 Å². The second-order valence-corrected chi connectivity index (χ2v) is 7.10. The number of nitrogens with zero attached hydrogens (tertiary/aromatic N) is 5. The van der Waals surface area contributed by atoms with Crippen LogP contribution in [0.2, 0.25) is 0 Å². The summed E-state index contributed by atoms with van der Waals surface area (Å²) in [6.45, 7) is 5.37. The quantitative estimate of drug-likeness (QED) is 0.620. The maximum atomic E-state index is 11.8. The van der Waals surface area contributed by atoms with Crippen LogP contribution >= 0.6 is 0 Å². The molecule has 1 fully saturated rings. The van der Waals surface area contributed by atoms with Crippen LogP contribution in [0.5, 0.6) is 0 Å². The molecule has 2 aromatic heterocycles. The van der Waals surface area contributed by atoms with Gasteiger partial charge in [0.25, 0.3) is 0 Å². The highest BCUT2D eigenvalue weighted by atomic mass is 16.5. The molecule has 0 saturated carbocycles. The molecule has 1 saturated heterocycles. The van der Waals surface area contributed by atoms with Crippen molar-refractivity contribution in [2.75, 3.05) is 42.6 Å². The fraction of sp³-hybridized carbons (Fsp3) is 0.304. The molecule has 152 valence electrons. The summed E-state index contributed by atoms with van der Waals surface area (Å²) in [5.74, 6) is 0.484. The van der Waals surface area contributed by atoms with Gasteiger partial charge in [0.05, 0.1) is 28.9 Å². The Morgan fingerprint density at radius 2 is 1.87 bits per heavy atom. The van der Waals surface area contributed by atoms with E-state index < -0.39 is 0 Å². The van der Waals surface area contributed by atoms with Crippen LogP contribution in [0.1, 0.15) is 29.3 Å². The molecule has 0 aliphatic carbocycles. The van der Waals surface area contributed by atoms with Crippen LogP contribution in [-0.2, 0) is 4.74 Å². The summed E-state index contributed by atoms with van der Waals surface area (Å²) in [6, 6.07) is 13.9. The molecule has 7 heteroatoms. The minimum absolute atomic E-state index is 0.344. The number of esters is 1. The topological polar surface area (TPSA) is 82.4 Å². The van der Waals surface area contributed by atoms with Gasteiger partial charge in [-0.05, 0) is 31.5 Å². The molecule has 1 aliphatic rings. The molecule has 3 heterocycles. The average molecular weight is 401 g/mol. The van der Waals surface area contributed by atoms with Crippen LogP contribution < -0.4 is 9.80 Å². The van der Waals surface area contributed by atoms with Crippen LogP contribution in [-0.4, -0.2) is 48.7 Å². The molecule has 1 aliphatic heterocycles. The first-order valence-corrected chi connectivity index (χ1v) is 10.1. The van der Waals surface area contributed by atoms with Crippen LogP contribution in [0, 0.1) is 11.3 Å². The average Bonchev–Trinajstić information content (AvgIpc) is 3.04. The summed E-state index contributed by atoms with van der Waals surface area (Å²) in [4.78, 5) is 25.2. The Morgan fingerprint density at radius 3 is 2.63 bits per heavy atom. The monoisotopic (exact) mass is 401 g/mol. The van der Waals surface area contributed by atoms with Gasteiger partial charge in [-0.15, -0.1) is 0 Å². The number of ether oxygens (including phenoxy) is 1. The van der Waals surface area contributed by atoms with Crippen molar-refractivity contribution in [3.63, 3.8) is 0 Å². The number of hydrogen-bond acceptors (Lipinski definition) is 7. The van der Waals surface area contributed by atoms with E-state index in [1.165, 1.54) is 0 Å². The second kappa shape index (κ2) is 8.78. The zero-order valence-corrected chi connectivity index (χ0v) is 16.9. The third kappa shape index (κ3) is 3.90. The number of aromatic nitrogens is 2. The van der Waals surface area contributed by atoms with E-state index in [0.29, 0.717) is 17.7 Å².